The van der Waals surface area contributed by atoms with Crippen molar-refractivity contribution in [1.82, 2.24) is 10.2 Å². The molecule has 8 nitrogen and oxygen atoms in total. The molecule has 2 aliphatic rings. The van der Waals surface area contributed by atoms with Crippen LogP contribution in [0.5, 0.6) is 0 Å². The van der Waals surface area contributed by atoms with Crippen LogP contribution in [-0.2, 0) is 19.1 Å². The predicted octanol–water partition coefficient (Wildman–Crippen LogP) is 0.707. The van der Waals surface area contributed by atoms with Gasteiger partial charge in [-0.1, -0.05) is 6.07 Å². The van der Waals surface area contributed by atoms with Crippen LogP contribution in [0.15, 0.2) is 24.3 Å². The molecule has 3 amide bonds. The summed E-state index contributed by atoms with van der Waals surface area (Å²) in [4.78, 5) is 50.7. The van der Waals surface area contributed by atoms with Crippen molar-refractivity contribution in [2.45, 2.75) is 31.7 Å². The molecule has 1 heterocycles. The zero-order valence-corrected chi connectivity index (χ0v) is 15.3. The van der Waals surface area contributed by atoms with Gasteiger partial charge in [-0.3, -0.25) is 14.4 Å². The Morgan fingerprint density at radius 2 is 2.07 bits per heavy atom. The van der Waals surface area contributed by atoms with Crippen LogP contribution in [0, 0.1) is 0 Å². The van der Waals surface area contributed by atoms with Crippen molar-refractivity contribution in [3.63, 3.8) is 0 Å². The number of carbonyl (C=O) groups is 4. The first-order valence-corrected chi connectivity index (χ1v) is 9.05. The molecule has 0 unspecified atom stereocenters. The molecule has 1 aliphatic heterocycles. The van der Waals surface area contributed by atoms with Crippen molar-refractivity contribution in [3.8, 4) is 0 Å². The van der Waals surface area contributed by atoms with E-state index in [0.717, 1.165) is 19.3 Å². The lowest BCUT2D eigenvalue weighted by molar-refractivity contribution is -0.137. The van der Waals surface area contributed by atoms with E-state index in [1.54, 1.807) is 29.2 Å². The van der Waals surface area contributed by atoms with Crippen LogP contribution >= 0.6 is 0 Å². The molecule has 1 aliphatic carbocycles. The molecule has 1 saturated heterocycles. The maximum atomic E-state index is 12.2. The Kier molecular flexibility index (Phi) is 5.73. The average molecular weight is 373 g/mol. The molecule has 0 radical (unpaired) electrons. The number of amides is 3. The van der Waals surface area contributed by atoms with E-state index in [4.69, 9.17) is 4.74 Å². The highest BCUT2D eigenvalue weighted by Crippen LogP contribution is 2.22. The maximum Gasteiger partial charge on any atom is 0.338 e. The Hall–Kier alpha value is -2.90. The first kappa shape index (κ1) is 18.9. The SMILES string of the molecule is CN(CC(=O)NC1CC1)C(=O)COC(=O)c1cccc(N2CCCC2=O)c1. The number of hydrogen-bond donors (Lipinski definition) is 1. The quantitative estimate of drug-likeness (QED) is 0.710. The summed E-state index contributed by atoms with van der Waals surface area (Å²) in [6.07, 6.45) is 3.25. The number of hydrogen-bond acceptors (Lipinski definition) is 5. The molecule has 3 rings (SSSR count). The molecule has 1 aromatic carbocycles. The number of likely N-dealkylation sites (N-methyl/N-ethyl adjacent to an activating group) is 1. The molecule has 0 bridgehead atoms. The standard InChI is InChI=1S/C19H23N3O5/c1-21(11-16(23)20-14-7-8-14)18(25)12-27-19(26)13-4-2-5-15(10-13)22-9-3-6-17(22)24/h2,4-5,10,14H,3,6-9,11-12H2,1H3,(H,20,23). The monoisotopic (exact) mass is 373 g/mol. The highest BCUT2D eigenvalue weighted by molar-refractivity contribution is 5.98. The van der Waals surface area contributed by atoms with Gasteiger partial charge in [0.15, 0.2) is 6.61 Å². The number of nitrogens with one attached hydrogen (secondary N) is 1. The number of anilines is 1. The van der Waals surface area contributed by atoms with E-state index < -0.39 is 18.5 Å². The van der Waals surface area contributed by atoms with Crippen LogP contribution in [0.3, 0.4) is 0 Å². The second-order valence-electron chi connectivity index (χ2n) is 6.87. The third-order valence-electron chi connectivity index (χ3n) is 4.54. The van der Waals surface area contributed by atoms with Gasteiger partial charge >= 0.3 is 5.97 Å². The highest BCUT2D eigenvalue weighted by atomic mass is 16.5. The zero-order valence-electron chi connectivity index (χ0n) is 15.3. The molecule has 0 aromatic heterocycles. The van der Waals surface area contributed by atoms with Crippen molar-refractivity contribution in [1.29, 1.82) is 0 Å². The molecule has 8 heteroatoms. The summed E-state index contributed by atoms with van der Waals surface area (Å²) in [5, 5.41) is 2.79. The second kappa shape index (κ2) is 8.20. The number of nitrogens with zero attached hydrogens (tertiary/aromatic N) is 2. The lowest BCUT2D eigenvalue weighted by Gasteiger charge is -2.17. The molecule has 0 atom stereocenters. The lowest BCUT2D eigenvalue weighted by Crippen LogP contribution is -2.40. The number of rotatable bonds is 7. The number of esters is 1. The Labute approximate surface area is 157 Å². The van der Waals surface area contributed by atoms with Crippen LogP contribution in [0.1, 0.15) is 36.0 Å². The van der Waals surface area contributed by atoms with Crippen LogP contribution in [0.2, 0.25) is 0 Å². The van der Waals surface area contributed by atoms with Gasteiger partial charge in [-0.2, -0.15) is 0 Å². The zero-order chi connectivity index (χ0) is 19.4. The van der Waals surface area contributed by atoms with Gasteiger partial charge in [-0.25, -0.2) is 4.79 Å². The number of benzene rings is 1. The molecule has 2 fully saturated rings. The Balaban J connectivity index is 1.50. The van der Waals surface area contributed by atoms with Gasteiger partial charge in [-0.15, -0.1) is 0 Å². The predicted molar refractivity (Wildman–Crippen MR) is 97.1 cm³/mol. The van der Waals surface area contributed by atoms with Gasteiger partial charge in [0.1, 0.15) is 0 Å². The van der Waals surface area contributed by atoms with Gasteiger partial charge in [0.2, 0.25) is 11.8 Å². The first-order chi connectivity index (χ1) is 12.9. The number of ether oxygens (including phenoxy) is 1. The summed E-state index contributed by atoms with van der Waals surface area (Å²) in [6.45, 7) is 0.113. The fourth-order valence-electron chi connectivity index (χ4n) is 2.85. The van der Waals surface area contributed by atoms with Crippen LogP contribution in [-0.4, -0.2) is 61.4 Å². The third-order valence-corrected chi connectivity index (χ3v) is 4.54. The molecule has 1 N–H and O–H groups in total. The Morgan fingerprint density at radius 1 is 1.30 bits per heavy atom. The minimum absolute atomic E-state index is 0.0294. The minimum atomic E-state index is -0.646. The van der Waals surface area contributed by atoms with Crippen LogP contribution in [0.25, 0.3) is 0 Å². The summed E-state index contributed by atoms with van der Waals surface area (Å²) in [5.74, 6) is -1.29. The van der Waals surface area contributed by atoms with Gasteiger partial charge in [0.25, 0.3) is 5.91 Å². The second-order valence-corrected chi connectivity index (χ2v) is 6.87. The van der Waals surface area contributed by atoms with E-state index in [1.165, 1.54) is 11.9 Å². The smallest absolute Gasteiger partial charge is 0.338 e. The van der Waals surface area contributed by atoms with Crippen molar-refractivity contribution in [3.05, 3.63) is 29.8 Å². The number of carbonyl (C=O) groups excluding carboxylic acids is 4. The van der Waals surface area contributed by atoms with E-state index in [9.17, 15) is 19.2 Å². The summed E-state index contributed by atoms with van der Waals surface area (Å²) in [5.41, 5.74) is 0.918. The normalized spacial score (nSPS) is 16.2. The fourth-order valence-corrected chi connectivity index (χ4v) is 2.85. The van der Waals surface area contributed by atoms with Crippen molar-refractivity contribution in [2.75, 3.05) is 31.6 Å². The molecule has 1 aromatic rings. The van der Waals surface area contributed by atoms with E-state index in [2.05, 4.69) is 5.32 Å². The Morgan fingerprint density at radius 3 is 2.74 bits per heavy atom. The molecule has 144 valence electrons. The molecular formula is C19H23N3O5. The summed E-state index contributed by atoms with van der Waals surface area (Å²) in [6, 6.07) is 6.83. The highest BCUT2D eigenvalue weighted by Gasteiger charge is 2.25. The first-order valence-electron chi connectivity index (χ1n) is 9.05. The van der Waals surface area contributed by atoms with Crippen molar-refractivity contribution >= 4 is 29.4 Å². The molecule has 27 heavy (non-hydrogen) atoms. The van der Waals surface area contributed by atoms with Gasteiger partial charge in [0.05, 0.1) is 12.1 Å². The fraction of sp³-hybridized carbons (Fsp3) is 0.474. The summed E-state index contributed by atoms with van der Waals surface area (Å²) in [7, 11) is 1.49. The molecular weight excluding hydrogens is 350 g/mol. The Bertz CT molecular complexity index is 759. The molecule has 0 spiro atoms. The maximum absolute atomic E-state index is 12.2. The van der Waals surface area contributed by atoms with E-state index >= 15 is 0 Å². The summed E-state index contributed by atoms with van der Waals surface area (Å²) >= 11 is 0. The van der Waals surface area contributed by atoms with Crippen molar-refractivity contribution < 1.29 is 23.9 Å². The lowest BCUT2D eigenvalue weighted by atomic mass is 10.2. The third kappa shape index (κ3) is 5.06. The van der Waals surface area contributed by atoms with Gasteiger partial charge in [0, 0.05) is 31.7 Å². The van der Waals surface area contributed by atoms with E-state index in [0.29, 0.717) is 18.7 Å². The van der Waals surface area contributed by atoms with Gasteiger partial charge in [-0.05, 0) is 37.5 Å². The van der Waals surface area contributed by atoms with Crippen LogP contribution < -0.4 is 10.2 Å². The average Bonchev–Trinajstić information content (AvgIpc) is 3.36. The largest absolute Gasteiger partial charge is 0.452 e. The van der Waals surface area contributed by atoms with E-state index in [1.807, 2.05) is 0 Å². The van der Waals surface area contributed by atoms with E-state index in [-0.39, 0.29) is 30.0 Å². The topological polar surface area (TPSA) is 96.0 Å². The summed E-state index contributed by atoms with van der Waals surface area (Å²) < 4.78 is 5.07. The minimum Gasteiger partial charge on any atom is -0.452 e. The van der Waals surface area contributed by atoms with Crippen LogP contribution in [0.4, 0.5) is 5.69 Å². The van der Waals surface area contributed by atoms with Gasteiger partial charge < -0.3 is 19.9 Å². The van der Waals surface area contributed by atoms with Crippen molar-refractivity contribution in [2.24, 2.45) is 0 Å². The molecule has 1 saturated carbocycles.